The van der Waals surface area contributed by atoms with Crippen LogP contribution in [0.5, 0.6) is 5.75 Å². The van der Waals surface area contributed by atoms with E-state index in [1.807, 2.05) is 37.3 Å². The van der Waals surface area contributed by atoms with Crippen molar-refractivity contribution in [2.45, 2.75) is 18.9 Å². The summed E-state index contributed by atoms with van der Waals surface area (Å²) in [5.41, 5.74) is 8.67. The van der Waals surface area contributed by atoms with Gasteiger partial charge in [-0.15, -0.1) is 0 Å². The average molecular weight is 306 g/mol. The Balaban J connectivity index is 2.41. The molecule has 0 bridgehead atoms. The van der Waals surface area contributed by atoms with Crippen molar-refractivity contribution in [1.82, 2.24) is 0 Å². The molecule has 2 aromatic rings. The second-order valence-electron chi connectivity index (χ2n) is 5.09. The van der Waals surface area contributed by atoms with Crippen LogP contribution in [0.4, 0.5) is 0 Å². The molecule has 4 heteroatoms. The fraction of sp³-hybridized carbons (Fsp3) is 0.294. The van der Waals surface area contributed by atoms with E-state index in [0.717, 1.165) is 22.4 Å². The van der Waals surface area contributed by atoms with Gasteiger partial charge in [-0.2, -0.15) is 0 Å². The molecule has 112 valence electrons. The van der Waals surface area contributed by atoms with Crippen molar-refractivity contribution < 1.29 is 9.84 Å². The third kappa shape index (κ3) is 3.56. The average Bonchev–Trinajstić information content (AvgIpc) is 2.48. The zero-order valence-corrected chi connectivity index (χ0v) is 13.0. The number of benzene rings is 2. The van der Waals surface area contributed by atoms with Crippen molar-refractivity contribution in [3.05, 3.63) is 64.2 Å². The number of aliphatic hydroxyl groups is 1. The van der Waals surface area contributed by atoms with Gasteiger partial charge in [0, 0.05) is 23.0 Å². The van der Waals surface area contributed by atoms with E-state index in [4.69, 9.17) is 22.1 Å². The van der Waals surface area contributed by atoms with Gasteiger partial charge in [-0.25, -0.2) is 0 Å². The van der Waals surface area contributed by atoms with Crippen LogP contribution >= 0.6 is 11.6 Å². The van der Waals surface area contributed by atoms with Gasteiger partial charge < -0.3 is 15.6 Å². The van der Waals surface area contributed by atoms with E-state index in [-0.39, 0.29) is 5.92 Å². The first-order chi connectivity index (χ1) is 10.1. The van der Waals surface area contributed by atoms with E-state index in [9.17, 15) is 5.11 Å². The summed E-state index contributed by atoms with van der Waals surface area (Å²) in [7, 11) is 1.62. The zero-order valence-electron chi connectivity index (χ0n) is 12.2. The number of rotatable bonds is 5. The van der Waals surface area contributed by atoms with Crippen LogP contribution in [0.2, 0.25) is 5.02 Å². The third-order valence-corrected chi connectivity index (χ3v) is 3.85. The monoisotopic (exact) mass is 305 g/mol. The van der Waals surface area contributed by atoms with Crippen molar-refractivity contribution in [1.29, 1.82) is 0 Å². The van der Waals surface area contributed by atoms with E-state index in [2.05, 4.69) is 0 Å². The molecule has 3 nitrogen and oxygen atoms in total. The van der Waals surface area contributed by atoms with Crippen molar-refractivity contribution in [3.63, 3.8) is 0 Å². The quantitative estimate of drug-likeness (QED) is 0.890. The summed E-state index contributed by atoms with van der Waals surface area (Å²) in [6, 6.07) is 13.1. The Hall–Kier alpha value is -1.55. The van der Waals surface area contributed by atoms with Gasteiger partial charge in [0.15, 0.2) is 0 Å². The molecule has 0 radical (unpaired) electrons. The van der Waals surface area contributed by atoms with Crippen molar-refractivity contribution in [2.24, 2.45) is 5.73 Å². The van der Waals surface area contributed by atoms with Crippen molar-refractivity contribution in [2.75, 3.05) is 13.7 Å². The van der Waals surface area contributed by atoms with Gasteiger partial charge in [-0.05, 0) is 30.7 Å². The minimum atomic E-state index is -0.732. The smallest absolute Gasteiger partial charge is 0.122 e. The molecule has 0 aliphatic carbocycles. The Morgan fingerprint density at radius 2 is 2.00 bits per heavy atom. The minimum absolute atomic E-state index is 0.252. The number of aryl methyl sites for hydroxylation is 1. The van der Waals surface area contributed by atoms with Gasteiger partial charge in [0.2, 0.25) is 0 Å². The summed E-state index contributed by atoms with van der Waals surface area (Å²) in [6.07, 6.45) is -0.732. The molecule has 0 spiro atoms. The van der Waals surface area contributed by atoms with Crippen LogP contribution in [0, 0.1) is 6.92 Å². The lowest BCUT2D eigenvalue weighted by Gasteiger charge is -2.24. The van der Waals surface area contributed by atoms with Gasteiger partial charge in [0.25, 0.3) is 0 Å². The molecule has 0 heterocycles. The van der Waals surface area contributed by atoms with E-state index < -0.39 is 6.10 Å². The highest BCUT2D eigenvalue weighted by Crippen LogP contribution is 2.36. The molecule has 2 atom stereocenters. The fourth-order valence-electron chi connectivity index (χ4n) is 2.49. The van der Waals surface area contributed by atoms with Crippen LogP contribution in [0.15, 0.2) is 42.5 Å². The number of aliphatic hydroxyl groups excluding tert-OH is 1. The summed E-state index contributed by atoms with van der Waals surface area (Å²) < 4.78 is 5.40. The molecule has 0 aromatic heterocycles. The Kier molecular flexibility index (Phi) is 5.23. The fourth-order valence-corrected chi connectivity index (χ4v) is 2.69. The van der Waals surface area contributed by atoms with Crippen LogP contribution in [-0.2, 0) is 0 Å². The summed E-state index contributed by atoms with van der Waals surface area (Å²) in [4.78, 5) is 0. The second-order valence-corrected chi connectivity index (χ2v) is 5.52. The number of nitrogens with two attached hydrogens (primary N) is 1. The number of halogens is 1. The van der Waals surface area contributed by atoms with Gasteiger partial charge in [-0.3, -0.25) is 0 Å². The Morgan fingerprint density at radius 3 is 2.62 bits per heavy atom. The molecule has 0 aliphatic heterocycles. The number of ether oxygens (including phenoxy) is 1. The van der Waals surface area contributed by atoms with E-state index in [1.54, 1.807) is 19.2 Å². The second kappa shape index (κ2) is 6.94. The zero-order chi connectivity index (χ0) is 15.4. The molecule has 0 saturated heterocycles. The van der Waals surface area contributed by atoms with Gasteiger partial charge in [0.1, 0.15) is 5.75 Å². The van der Waals surface area contributed by atoms with Crippen LogP contribution in [0.1, 0.15) is 28.7 Å². The summed E-state index contributed by atoms with van der Waals surface area (Å²) in [6.45, 7) is 2.32. The Bertz CT molecular complexity index is 615. The number of hydrogen-bond donors (Lipinski definition) is 2. The first-order valence-corrected chi connectivity index (χ1v) is 7.22. The number of hydrogen-bond acceptors (Lipinski definition) is 3. The maximum Gasteiger partial charge on any atom is 0.122 e. The lowest BCUT2D eigenvalue weighted by atomic mass is 9.88. The predicted octanol–water partition coefficient (Wildman–Crippen LogP) is 3.43. The summed E-state index contributed by atoms with van der Waals surface area (Å²) in [5, 5.41) is 11.3. The standard InChI is InChI=1S/C17H20ClNO2/c1-11-6-7-16(21-2)14(8-11)15(10-19)17(20)12-4-3-5-13(18)9-12/h3-9,15,17,20H,10,19H2,1-2H3. The molecule has 2 unspecified atom stereocenters. The highest BCUT2D eigenvalue weighted by atomic mass is 35.5. The lowest BCUT2D eigenvalue weighted by molar-refractivity contribution is 0.146. The largest absolute Gasteiger partial charge is 0.496 e. The molecular weight excluding hydrogens is 286 g/mol. The maximum absolute atomic E-state index is 10.7. The van der Waals surface area contributed by atoms with Crippen molar-refractivity contribution >= 4 is 11.6 Å². The Labute approximate surface area is 130 Å². The topological polar surface area (TPSA) is 55.5 Å². The molecule has 0 amide bonds. The molecule has 2 rings (SSSR count). The molecule has 21 heavy (non-hydrogen) atoms. The predicted molar refractivity (Wildman–Crippen MR) is 85.9 cm³/mol. The molecule has 0 fully saturated rings. The first-order valence-electron chi connectivity index (χ1n) is 6.85. The molecule has 0 saturated carbocycles. The van der Waals surface area contributed by atoms with Crippen molar-refractivity contribution in [3.8, 4) is 5.75 Å². The van der Waals surface area contributed by atoms with Gasteiger partial charge in [-0.1, -0.05) is 41.4 Å². The summed E-state index contributed by atoms with van der Waals surface area (Å²) in [5.74, 6) is 0.482. The first kappa shape index (κ1) is 15.8. The Morgan fingerprint density at radius 1 is 1.24 bits per heavy atom. The third-order valence-electron chi connectivity index (χ3n) is 3.61. The summed E-state index contributed by atoms with van der Waals surface area (Å²) >= 11 is 6.00. The highest BCUT2D eigenvalue weighted by Gasteiger charge is 2.24. The number of methoxy groups -OCH3 is 1. The minimum Gasteiger partial charge on any atom is -0.496 e. The lowest BCUT2D eigenvalue weighted by Crippen LogP contribution is -2.21. The molecule has 0 aliphatic rings. The van der Waals surface area contributed by atoms with Gasteiger partial charge >= 0.3 is 0 Å². The maximum atomic E-state index is 10.7. The van der Waals surface area contributed by atoms with Gasteiger partial charge in [0.05, 0.1) is 13.2 Å². The van der Waals surface area contributed by atoms with E-state index in [1.165, 1.54) is 0 Å². The van der Waals surface area contributed by atoms with Crippen LogP contribution in [0.25, 0.3) is 0 Å². The molecular formula is C17H20ClNO2. The van der Waals surface area contributed by atoms with E-state index >= 15 is 0 Å². The van der Waals surface area contributed by atoms with Crippen LogP contribution in [-0.4, -0.2) is 18.8 Å². The SMILES string of the molecule is COc1ccc(C)cc1C(CN)C(O)c1cccc(Cl)c1. The molecule has 2 aromatic carbocycles. The molecule has 3 N–H and O–H groups in total. The van der Waals surface area contributed by atoms with E-state index in [0.29, 0.717) is 11.6 Å². The normalized spacial score (nSPS) is 13.8. The highest BCUT2D eigenvalue weighted by molar-refractivity contribution is 6.30. The van der Waals surface area contributed by atoms with Crippen LogP contribution < -0.4 is 10.5 Å². The van der Waals surface area contributed by atoms with Crippen LogP contribution in [0.3, 0.4) is 0 Å².